The lowest BCUT2D eigenvalue weighted by Crippen LogP contribution is -2.28. The zero-order valence-corrected chi connectivity index (χ0v) is 18.2. The minimum absolute atomic E-state index is 0.193. The van der Waals surface area contributed by atoms with Gasteiger partial charge in [-0.1, -0.05) is 11.6 Å². The second-order valence-corrected chi connectivity index (χ2v) is 8.16. The van der Waals surface area contributed by atoms with Crippen LogP contribution in [-0.2, 0) is 6.18 Å². The minimum atomic E-state index is -4.63. The van der Waals surface area contributed by atoms with E-state index in [1.54, 1.807) is 19.1 Å². The second kappa shape index (κ2) is 9.30. The van der Waals surface area contributed by atoms with Crippen LogP contribution in [0.3, 0.4) is 0 Å². The number of amides is 1. The third-order valence-corrected chi connectivity index (χ3v) is 5.24. The largest absolute Gasteiger partial charge is 0.476 e. The van der Waals surface area contributed by atoms with Crippen LogP contribution < -0.4 is 10.1 Å². The van der Waals surface area contributed by atoms with Crippen molar-refractivity contribution in [2.24, 2.45) is 5.92 Å². The maximum Gasteiger partial charge on any atom is 0.416 e. The molecule has 1 amide bonds. The number of aromatic nitrogens is 4. The van der Waals surface area contributed by atoms with Gasteiger partial charge in [-0.3, -0.25) is 14.8 Å². The molecule has 3 aromatic rings. The van der Waals surface area contributed by atoms with E-state index in [4.69, 9.17) is 16.3 Å². The van der Waals surface area contributed by atoms with Crippen molar-refractivity contribution < 1.29 is 22.7 Å². The van der Waals surface area contributed by atoms with Gasteiger partial charge >= 0.3 is 6.18 Å². The highest BCUT2D eigenvalue weighted by Gasteiger charge is 2.32. The summed E-state index contributed by atoms with van der Waals surface area (Å²) < 4.78 is 44.8. The van der Waals surface area contributed by atoms with Crippen LogP contribution in [0, 0.1) is 5.92 Å². The monoisotopic (exact) mass is 477 g/mol. The fraction of sp³-hybridized carbons (Fsp3) is 0.318. The molecule has 1 aromatic carbocycles. The van der Waals surface area contributed by atoms with Crippen molar-refractivity contribution in [1.29, 1.82) is 0 Å². The van der Waals surface area contributed by atoms with Gasteiger partial charge in [-0.15, -0.1) is 10.2 Å². The normalized spacial score (nSPS) is 14.6. The maximum atomic E-state index is 13.1. The standard InChI is InChI=1S/C22H19ClF3N5O2/c1-12(29-21(32)14-8-15(22(24,25)26)10-16(23)9-14)19-20(28-7-6-27-19)17-4-5-18(31-30-17)33-11-13-2-3-13/h4-10,12-13H,2-3,11H2,1H3,(H,29,32). The Labute approximate surface area is 192 Å². The van der Waals surface area contributed by atoms with Crippen LogP contribution in [0.4, 0.5) is 13.2 Å². The van der Waals surface area contributed by atoms with Crippen molar-refractivity contribution in [2.45, 2.75) is 32.0 Å². The molecule has 7 nitrogen and oxygen atoms in total. The number of hydrogen-bond donors (Lipinski definition) is 1. The molecule has 1 saturated carbocycles. The molecule has 0 bridgehead atoms. The van der Waals surface area contributed by atoms with Crippen molar-refractivity contribution in [1.82, 2.24) is 25.5 Å². The van der Waals surface area contributed by atoms with Crippen LogP contribution in [0.2, 0.25) is 5.02 Å². The average molecular weight is 478 g/mol. The first-order valence-corrected chi connectivity index (χ1v) is 10.5. The van der Waals surface area contributed by atoms with Crippen molar-refractivity contribution in [3.63, 3.8) is 0 Å². The Morgan fingerprint density at radius 3 is 2.61 bits per heavy atom. The number of hydrogen-bond acceptors (Lipinski definition) is 6. The van der Waals surface area contributed by atoms with Gasteiger partial charge in [-0.25, -0.2) is 0 Å². The Kier molecular flexibility index (Phi) is 6.46. The number of carbonyl (C=O) groups excluding carboxylic acids is 1. The van der Waals surface area contributed by atoms with Crippen molar-refractivity contribution in [3.8, 4) is 17.3 Å². The van der Waals surface area contributed by atoms with E-state index in [1.807, 2.05) is 0 Å². The fourth-order valence-electron chi connectivity index (χ4n) is 3.11. The van der Waals surface area contributed by atoms with Crippen LogP contribution >= 0.6 is 11.6 Å². The van der Waals surface area contributed by atoms with E-state index >= 15 is 0 Å². The molecule has 0 radical (unpaired) electrons. The molecule has 1 N–H and O–H groups in total. The molecule has 11 heteroatoms. The molecule has 0 spiro atoms. The SMILES string of the molecule is CC(NC(=O)c1cc(Cl)cc(C(F)(F)F)c1)c1nccnc1-c1ccc(OCC2CC2)nn1. The van der Waals surface area contributed by atoms with Crippen molar-refractivity contribution in [3.05, 3.63) is 64.6 Å². The van der Waals surface area contributed by atoms with Gasteiger partial charge in [-0.05, 0) is 49.9 Å². The minimum Gasteiger partial charge on any atom is -0.476 e. The van der Waals surface area contributed by atoms with Crippen LogP contribution in [0.5, 0.6) is 5.88 Å². The van der Waals surface area contributed by atoms with Crippen LogP contribution in [0.15, 0.2) is 42.7 Å². The first kappa shape index (κ1) is 22.9. The number of carbonyl (C=O) groups is 1. The number of alkyl halides is 3. The smallest absolute Gasteiger partial charge is 0.416 e. The van der Waals surface area contributed by atoms with Gasteiger partial charge in [0.15, 0.2) is 0 Å². The lowest BCUT2D eigenvalue weighted by atomic mass is 10.1. The zero-order chi connectivity index (χ0) is 23.6. The van der Waals surface area contributed by atoms with Crippen molar-refractivity contribution in [2.75, 3.05) is 6.61 Å². The fourth-order valence-corrected chi connectivity index (χ4v) is 3.34. The predicted octanol–water partition coefficient (Wildman–Crippen LogP) is 4.89. The highest BCUT2D eigenvalue weighted by atomic mass is 35.5. The molecule has 33 heavy (non-hydrogen) atoms. The Morgan fingerprint density at radius 1 is 1.18 bits per heavy atom. The molecule has 1 atom stereocenters. The molecule has 0 aliphatic heterocycles. The van der Waals surface area contributed by atoms with E-state index in [9.17, 15) is 18.0 Å². The summed E-state index contributed by atoms with van der Waals surface area (Å²) in [7, 11) is 0. The number of nitrogens with one attached hydrogen (secondary N) is 1. The highest BCUT2D eigenvalue weighted by molar-refractivity contribution is 6.31. The van der Waals surface area contributed by atoms with Crippen LogP contribution in [0.1, 0.15) is 47.4 Å². The summed E-state index contributed by atoms with van der Waals surface area (Å²) in [5.41, 5.74) is -0.0464. The third kappa shape index (κ3) is 5.75. The van der Waals surface area contributed by atoms with E-state index < -0.39 is 23.7 Å². The molecule has 1 unspecified atom stereocenters. The van der Waals surface area contributed by atoms with Gasteiger partial charge in [-0.2, -0.15) is 13.2 Å². The van der Waals surface area contributed by atoms with Gasteiger partial charge in [0, 0.05) is 29.0 Å². The van der Waals surface area contributed by atoms with Crippen LogP contribution in [0.25, 0.3) is 11.4 Å². The number of ether oxygens (including phenoxy) is 1. The summed E-state index contributed by atoms with van der Waals surface area (Å²) in [6.45, 7) is 2.24. The van der Waals surface area contributed by atoms with Gasteiger partial charge in [0.25, 0.3) is 5.91 Å². The summed E-state index contributed by atoms with van der Waals surface area (Å²) in [6.07, 6.45) is 0.606. The van der Waals surface area contributed by atoms with Gasteiger partial charge < -0.3 is 10.1 Å². The van der Waals surface area contributed by atoms with E-state index in [2.05, 4.69) is 25.5 Å². The van der Waals surface area contributed by atoms with E-state index in [-0.39, 0.29) is 10.6 Å². The second-order valence-electron chi connectivity index (χ2n) is 7.72. The Balaban J connectivity index is 1.52. The topological polar surface area (TPSA) is 89.9 Å². The first-order valence-electron chi connectivity index (χ1n) is 10.2. The molecule has 1 fully saturated rings. The van der Waals surface area contributed by atoms with Gasteiger partial charge in [0.1, 0.15) is 11.4 Å². The van der Waals surface area contributed by atoms with E-state index in [0.717, 1.165) is 25.0 Å². The molecule has 1 aliphatic carbocycles. The summed E-state index contributed by atoms with van der Waals surface area (Å²) in [5, 5.41) is 10.6. The summed E-state index contributed by atoms with van der Waals surface area (Å²) in [4.78, 5) is 21.2. The van der Waals surface area contributed by atoms with Gasteiger partial charge in [0.05, 0.1) is 23.9 Å². The van der Waals surface area contributed by atoms with Gasteiger partial charge in [0.2, 0.25) is 5.88 Å². The molecule has 4 rings (SSSR count). The highest BCUT2D eigenvalue weighted by Crippen LogP contribution is 2.32. The Hall–Kier alpha value is -3.27. The lowest BCUT2D eigenvalue weighted by Gasteiger charge is -2.17. The molecule has 172 valence electrons. The van der Waals surface area contributed by atoms with Crippen LogP contribution in [-0.4, -0.2) is 32.7 Å². The third-order valence-electron chi connectivity index (χ3n) is 5.02. The Morgan fingerprint density at radius 2 is 1.94 bits per heavy atom. The predicted molar refractivity (Wildman–Crippen MR) is 114 cm³/mol. The van der Waals surface area contributed by atoms with Crippen molar-refractivity contribution >= 4 is 17.5 Å². The first-order chi connectivity index (χ1) is 15.7. The Bertz CT molecular complexity index is 1150. The molecule has 2 heterocycles. The summed E-state index contributed by atoms with van der Waals surface area (Å²) in [6, 6.07) is 5.35. The average Bonchev–Trinajstić information content (AvgIpc) is 3.61. The molecular formula is C22H19ClF3N5O2. The molecular weight excluding hydrogens is 459 g/mol. The summed E-state index contributed by atoms with van der Waals surface area (Å²) in [5.74, 6) is 0.245. The quantitative estimate of drug-likeness (QED) is 0.521. The zero-order valence-electron chi connectivity index (χ0n) is 17.4. The van der Waals surface area contributed by atoms with E-state index in [1.165, 1.54) is 18.5 Å². The number of rotatable bonds is 7. The number of benzene rings is 1. The molecule has 2 aromatic heterocycles. The maximum absolute atomic E-state index is 13.1. The number of halogens is 4. The van der Waals surface area contributed by atoms with E-state index in [0.29, 0.717) is 35.5 Å². The number of nitrogens with zero attached hydrogens (tertiary/aromatic N) is 4. The molecule has 1 aliphatic rings. The lowest BCUT2D eigenvalue weighted by molar-refractivity contribution is -0.137. The summed E-state index contributed by atoms with van der Waals surface area (Å²) >= 11 is 5.79. The molecule has 0 saturated heterocycles.